The molecule has 146 heavy (non-hydrogen) atoms. The predicted molar refractivity (Wildman–Crippen MR) is 536 cm³/mol. The molecule has 6 aromatic rings. The molecule has 39 nitrogen and oxygen atoms in total. The van der Waals surface area contributed by atoms with Gasteiger partial charge in [-0.25, -0.2) is 0 Å². The third-order valence-electron chi connectivity index (χ3n) is 35.6. The Kier molecular flexibility index (Phi) is 35.9. The van der Waals surface area contributed by atoms with Crippen molar-refractivity contribution in [2.24, 2.45) is 51.8 Å². The smallest absolute Gasteiger partial charge is 0.242 e. The second-order valence-corrected chi connectivity index (χ2v) is 43.2. The first-order valence-electron chi connectivity index (χ1n) is 52.9. The SMILES string of the molecule is CCN(CCOC)C(=O)CN(CCCn1cc(C2(O)CCC3C4CCc5cc(O)ccc5C4CCC32C)nn1)C(=O)CN(CCOC)C(=O)CN(CCOC)C(=O)CN(CCCn1cc(C2(O)CCC3C4CCc5cc(O)ccc5C4CCC32C)nn1)C(=O)CN(CCOC)C(=O)CN(CCOC)C(=O)CN(CCCn1cc(C2(O)CCC3C4CCc5cc(O)ccc5C4CCC32C)nn1)C(=O)CN(CCOC)C(C)=O. The van der Waals surface area contributed by atoms with Crippen molar-refractivity contribution in [1.29, 1.82) is 0 Å². The number of rotatable bonds is 50. The third-order valence-corrected chi connectivity index (χ3v) is 35.6. The number of carbonyl (C=O) groups is 9. The Balaban J connectivity index is 0.644. The number of likely N-dealkylation sites (N-methyl/N-ethyl adjacent to an activating group) is 1. The molecule has 15 rings (SSSR count). The fraction of sp³-hybridized carbons (Fsp3) is 0.692. The number of nitrogens with zero attached hydrogens (tertiary/aromatic N) is 18. The summed E-state index contributed by atoms with van der Waals surface area (Å²) in [7, 11) is 8.72. The van der Waals surface area contributed by atoms with Gasteiger partial charge in [-0.15, -0.1) is 15.3 Å². The van der Waals surface area contributed by atoms with Crippen molar-refractivity contribution in [3.8, 4) is 17.2 Å². The molecule has 39 heteroatoms. The number of methoxy groups -OCH3 is 6. The fourth-order valence-corrected chi connectivity index (χ4v) is 27.2. The van der Waals surface area contributed by atoms with Gasteiger partial charge in [-0.3, -0.25) is 57.2 Å². The van der Waals surface area contributed by atoms with E-state index < -0.39 is 126 Å². The van der Waals surface area contributed by atoms with E-state index >= 15 is 28.8 Å². The lowest BCUT2D eigenvalue weighted by Gasteiger charge is -2.52. The van der Waals surface area contributed by atoms with Gasteiger partial charge in [0.25, 0.3) is 0 Å². The fourth-order valence-electron chi connectivity index (χ4n) is 27.2. The molecule has 9 aliphatic carbocycles. The molecule has 6 saturated carbocycles. The van der Waals surface area contributed by atoms with E-state index in [1.165, 1.54) is 122 Å². The number of ether oxygens (including phenoxy) is 6. The molecule has 0 bridgehead atoms. The van der Waals surface area contributed by atoms with E-state index in [0.29, 0.717) is 78.4 Å². The van der Waals surface area contributed by atoms with Crippen LogP contribution in [0.4, 0.5) is 0 Å². The number of phenolic OH excluding ortho intramolecular Hbond substituents is 3. The maximum atomic E-state index is 15.7. The highest BCUT2D eigenvalue weighted by Crippen LogP contribution is 2.70. The summed E-state index contributed by atoms with van der Waals surface area (Å²) in [4.78, 5) is 146. The lowest BCUT2D eigenvalue weighted by molar-refractivity contribution is -0.149. The number of aromatic hydroxyl groups is 3. The molecule has 6 fully saturated rings. The standard InChI is InChI=1S/C107H156N18O21/c1-12-114(46-52-141-6)94(130)65-116(40-13-43-123-61-91(108-111-123)105(138)37-31-88-85-22-16-73-58-76(127)19-25-79(73)82(85)28-34-102(88,105)3)96(132)68-119(48-54-143-8)100(136)71-122(51-57-146-11)99(135)67-118(42-15-45-125-63-93(110-113-125)107(140)39-33-90-87-24-18-75-60-78(129)21-27-81(75)84(87)30-36-104(90,107)5)97(133)69-120(49-55-144-9)101(137)70-121(50-56-145-10)98(134)66-117(95(131)64-115(72(2)126)47-53-142-7)41-14-44-124-62-92(109-112-124)106(139)38-32-89-86-23-17-74-59-77(128)20-26-80(74)83(86)29-35-103(89,106)4/h19-21,25-27,58-63,82-90,127-129,138-140H,12-18,22-24,28-57,64-71H2,1-11H3. The number of hydrogen-bond acceptors (Lipinski definition) is 27. The number of aryl methyl sites for hydroxylation is 6. The first-order chi connectivity index (χ1) is 70.1. The van der Waals surface area contributed by atoms with E-state index in [9.17, 15) is 45.0 Å². The first-order valence-corrected chi connectivity index (χ1v) is 52.9. The van der Waals surface area contributed by atoms with E-state index in [1.54, 1.807) is 55.7 Å². The number of amides is 9. The highest BCUT2D eigenvalue weighted by Gasteiger charge is 2.67. The topological polar surface area (TPSA) is 452 Å². The largest absolute Gasteiger partial charge is 0.508 e. The second kappa shape index (κ2) is 47.9. The molecule has 0 radical (unpaired) electrons. The average Bonchev–Trinajstić information content (AvgIpc) is 1.55. The van der Waals surface area contributed by atoms with Crippen LogP contribution in [0.25, 0.3) is 0 Å². The zero-order valence-electron chi connectivity index (χ0n) is 87.4. The van der Waals surface area contributed by atoms with Crippen LogP contribution in [0.3, 0.4) is 0 Å². The summed E-state index contributed by atoms with van der Waals surface area (Å²) in [5, 5.41) is 97.5. The Morgan fingerprint density at radius 3 is 0.829 bits per heavy atom. The van der Waals surface area contributed by atoms with Gasteiger partial charge in [0.05, 0.1) is 111 Å². The minimum atomic E-state index is -1.33. The van der Waals surface area contributed by atoms with Crippen molar-refractivity contribution in [3.05, 3.63) is 124 Å². The van der Waals surface area contributed by atoms with Crippen molar-refractivity contribution >= 4 is 53.2 Å². The first kappa shape index (κ1) is 110. The number of aliphatic hydroxyl groups is 3. The van der Waals surface area contributed by atoms with Crippen LogP contribution >= 0.6 is 0 Å². The summed E-state index contributed by atoms with van der Waals surface area (Å²) >= 11 is 0. The number of carbonyl (C=O) groups excluding carboxylic acids is 9. The molecule has 15 atom stereocenters. The third kappa shape index (κ3) is 23.2. The average molecular weight is 2030 g/mol. The number of hydrogen-bond donors (Lipinski definition) is 6. The highest BCUT2D eigenvalue weighted by molar-refractivity contribution is 5.94. The number of phenols is 3. The van der Waals surface area contributed by atoms with Crippen molar-refractivity contribution in [3.63, 3.8) is 0 Å². The molecular weight excluding hydrogens is 1870 g/mol. The van der Waals surface area contributed by atoms with Gasteiger partial charge < -0.3 is 103 Å². The van der Waals surface area contributed by atoms with Gasteiger partial charge in [0.2, 0.25) is 53.2 Å². The van der Waals surface area contributed by atoms with Crippen molar-refractivity contribution in [1.82, 2.24) is 89.1 Å². The van der Waals surface area contributed by atoms with Crippen LogP contribution in [0.5, 0.6) is 17.2 Å². The van der Waals surface area contributed by atoms with Crippen LogP contribution in [-0.2, 0) is 127 Å². The van der Waals surface area contributed by atoms with Crippen LogP contribution in [0.2, 0.25) is 0 Å². The minimum absolute atomic E-state index is 0.0290. The minimum Gasteiger partial charge on any atom is -0.508 e. The molecule has 3 aromatic heterocycles. The number of aromatic nitrogens is 9. The molecular formula is C107H156N18O21. The Labute approximate surface area is 856 Å². The summed E-state index contributed by atoms with van der Waals surface area (Å²) in [5.41, 5.74) is 3.37. The maximum absolute atomic E-state index is 15.7. The van der Waals surface area contributed by atoms with E-state index in [1.807, 2.05) is 25.1 Å². The van der Waals surface area contributed by atoms with Crippen LogP contribution in [0.1, 0.15) is 218 Å². The van der Waals surface area contributed by atoms with Gasteiger partial charge in [-0.2, -0.15) is 0 Å². The Bertz CT molecular complexity index is 5540. The summed E-state index contributed by atoms with van der Waals surface area (Å²) in [6.07, 6.45) is 20.1. The summed E-state index contributed by atoms with van der Waals surface area (Å²) in [6.45, 7) is 5.80. The maximum Gasteiger partial charge on any atom is 0.242 e. The highest BCUT2D eigenvalue weighted by atomic mass is 16.5. The summed E-state index contributed by atoms with van der Waals surface area (Å²) in [6, 6.07) is 17.1. The molecule has 800 valence electrons. The van der Waals surface area contributed by atoms with Crippen molar-refractivity contribution < 1.29 is 102 Å². The predicted octanol–water partition coefficient (Wildman–Crippen LogP) is 6.76. The van der Waals surface area contributed by atoms with Crippen LogP contribution in [0.15, 0.2) is 73.2 Å². The van der Waals surface area contributed by atoms with E-state index in [4.69, 9.17) is 28.4 Å². The van der Waals surface area contributed by atoms with E-state index in [2.05, 4.69) is 69.9 Å². The molecule has 0 saturated heterocycles. The number of fused-ring (bicyclic) bond motifs is 15. The van der Waals surface area contributed by atoms with Crippen molar-refractivity contribution in [2.45, 2.75) is 224 Å². The van der Waals surface area contributed by atoms with Gasteiger partial charge in [0, 0.05) is 151 Å². The molecule has 3 heterocycles. The van der Waals surface area contributed by atoms with Gasteiger partial charge in [-0.05, 0) is 265 Å². The lowest BCUT2D eigenvalue weighted by Crippen LogP contribution is -2.53. The van der Waals surface area contributed by atoms with E-state index in [0.717, 1.165) is 96.3 Å². The van der Waals surface area contributed by atoms with Crippen molar-refractivity contribution in [2.75, 3.05) is 200 Å². The van der Waals surface area contributed by atoms with Gasteiger partial charge in [-0.1, -0.05) is 54.6 Å². The summed E-state index contributed by atoms with van der Waals surface area (Å²) < 4.78 is 37.7. The van der Waals surface area contributed by atoms with E-state index in [-0.39, 0.29) is 185 Å². The quantitative estimate of drug-likeness (QED) is 0.0230. The van der Waals surface area contributed by atoms with Gasteiger partial charge in [0.15, 0.2) is 0 Å². The molecule has 0 aliphatic heterocycles. The Hall–Kier alpha value is -10.7. The monoisotopic (exact) mass is 2030 g/mol. The normalized spacial score (nSPS) is 26.0. The zero-order chi connectivity index (χ0) is 104. The molecule has 0 spiro atoms. The van der Waals surface area contributed by atoms with Crippen LogP contribution in [-0.4, -0.2) is 373 Å². The molecule has 3 aromatic carbocycles. The molecule has 6 N–H and O–H groups in total. The Morgan fingerprint density at radius 2 is 0.575 bits per heavy atom. The lowest BCUT2D eigenvalue weighted by atomic mass is 9.53. The van der Waals surface area contributed by atoms with Crippen LogP contribution < -0.4 is 0 Å². The molecule has 9 amide bonds. The Morgan fingerprint density at radius 1 is 0.336 bits per heavy atom. The van der Waals surface area contributed by atoms with Gasteiger partial charge >= 0.3 is 0 Å². The number of benzene rings is 3. The van der Waals surface area contributed by atoms with Gasteiger partial charge in [0.1, 0.15) is 51.1 Å². The second-order valence-electron chi connectivity index (χ2n) is 43.2. The summed E-state index contributed by atoms with van der Waals surface area (Å²) in [5.74, 6) is -2.05. The molecule has 9 aliphatic rings. The zero-order valence-corrected chi connectivity index (χ0v) is 87.4. The molecule has 15 unspecified atom stereocenters. The van der Waals surface area contributed by atoms with Crippen LogP contribution in [0, 0.1) is 51.8 Å².